The largest absolute Gasteiger partial charge is 0.494 e. The second-order valence-electron chi connectivity index (χ2n) is 9.30. The van der Waals surface area contributed by atoms with Crippen molar-refractivity contribution in [2.75, 3.05) is 36.3 Å². The maximum absolute atomic E-state index is 13.9. The fraction of sp³-hybridized carbons (Fsp3) is 0.241. The average Bonchev–Trinajstić information content (AvgIpc) is 3.46. The normalized spacial score (nSPS) is 13.8. The zero-order chi connectivity index (χ0) is 27.1. The lowest BCUT2D eigenvalue weighted by molar-refractivity contribution is 0.263. The van der Waals surface area contributed by atoms with Gasteiger partial charge in [-0.3, -0.25) is 4.72 Å². The number of halogens is 1. The number of rotatable bonds is 11. The maximum Gasteiger partial charge on any atom is 0.264 e. The van der Waals surface area contributed by atoms with Gasteiger partial charge in [0.05, 0.1) is 12.3 Å². The summed E-state index contributed by atoms with van der Waals surface area (Å²) in [6.07, 6.45) is 5.10. The molecule has 1 fully saturated rings. The molecule has 0 aliphatic carbocycles. The van der Waals surface area contributed by atoms with Gasteiger partial charge in [0.25, 0.3) is 10.0 Å². The van der Waals surface area contributed by atoms with Crippen LogP contribution in [0.25, 0.3) is 11.3 Å². The van der Waals surface area contributed by atoms with E-state index in [1.807, 2.05) is 30.3 Å². The Bertz CT molecular complexity index is 1490. The first-order chi connectivity index (χ1) is 19.0. The fourth-order valence-corrected chi connectivity index (χ4v) is 5.57. The van der Waals surface area contributed by atoms with E-state index < -0.39 is 20.7 Å². The van der Waals surface area contributed by atoms with Crippen molar-refractivity contribution in [1.29, 1.82) is 0 Å². The van der Waals surface area contributed by atoms with Gasteiger partial charge in [0.2, 0.25) is 0 Å². The molecule has 4 aromatic rings. The van der Waals surface area contributed by atoms with Crippen LogP contribution in [0.4, 0.5) is 21.6 Å². The predicted octanol–water partition coefficient (Wildman–Crippen LogP) is 5.69. The average molecular weight is 548 g/mol. The van der Waals surface area contributed by atoms with Gasteiger partial charge in [-0.15, -0.1) is 0 Å². The van der Waals surface area contributed by atoms with Crippen LogP contribution < -0.4 is 14.8 Å². The summed E-state index contributed by atoms with van der Waals surface area (Å²) in [6, 6.07) is 21.5. The minimum absolute atomic E-state index is 0.311. The van der Waals surface area contributed by atoms with E-state index in [4.69, 9.17) is 4.74 Å². The minimum Gasteiger partial charge on any atom is -0.494 e. The zero-order valence-electron chi connectivity index (χ0n) is 21.4. The van der Waals surface area contributed by atoms with Crippen molar-refractivity contribution in [2.45, 2.75) is 24.2 Å². The molecular formula is C29H30FN5O3S. The van der Waals surface area contributed by atoms with E-state index >= 15 is 0 Å². The Kier molecular flexibility index (Phi) is 8.33. The molecular weight excluding hydrogens is 517 g/mol. The molecule has 0 saturated carbocycles. The van der Waals surface area contributed by atoms with Gasteiger partial charge in [-0.2, -0.15) is 0 Å². The van der Waals surface area contributed by atoms with Gasteiger partial charge < -0.3 is 15.0 Å². The summed E-state index contributed by atoms with van der Waals surface area (Å²) < 4.78 is 47.3. The van der Waals surface area contributed by atoms with Crippen molar-refractivity contribution in [3.63, 3.8) is 0 Å². The standard InChI is InChI=1S/C29H30FN5O3S/c30-26-6-1-2-7-28(26)39(36,37)34-24-12-10-23(11-13-24)33-29-20-27(31-21-32-29)22-8-14-25(15-9-22)38-19-5-18-35-16-3-4-17-35/h1-2,6-15,20-21,34H,3-5,16-19H2,(H,31,32,33). The number of benzene rings is 3. The second-order valence-corrected chi connectivity index (χ2v) is 11.0. The molecule has 3 aromatic carbocycles. The molecule has 5 rings (SSSR count). The van der Waals surface area contributed by atoms with Gasteiger partial charge in [0.15, 0.2) is 0 Å². The summed E-state index contributed by atoms with van der Waals surface area (Å²) in [4.78, 5) is 10.8. The molecule has 10 heteroatoms. The molecule has 2 N–H and O–H groups in total. The predicted molar refractivity (Wildman–Crippen MR) is 150 cm³/mol. The lowest BCUT2D eigenvalue weighted by Gasteiger charge is -2.14. The number of sulfonamides is 1. The molecule has 0 bridgehead atoms. The van der Waals surface area contributed by atoms with E-state index in [0.717, 1.165) is 36.0 Å². The molecule has 2 heterocycles. The molecule has 8 nitrogen and oxygen atoms in total. The first-order valence-electron chi connectivity index (χ1n) is 12.9. The molecule has 0 amide bonds. The number of anilines is 3. The minimum atomic E-state index is -4.04. The summed E-state index contributed by atoms with van der Waals surface area (Å²) in [5.74, 6) is 0.609. The lowest BCUT2D eigenvalue weighted by atomic mass is 10.1. The van der Waals surface area contributed by atoms with Gasteiger partial charge >= 0.3 is 0 Å². The van der Waals surface area contributed by atoms with E-state index in [2.05, 4.69) is 24.9 Å². The molecule has 1 aliphatic rings. The van der Waals surface area contributed by atoms with Crippen LogP contribution in [0.1, 0.15) is 19.3 Å². The Hall–Kier alpha value is -4.02. The van der Waals surface area contributed by atoms with Crippen molar-refractivity contribution < 1.29 is 17.5 Å². The van der Waals surface area contributed by atoms with Crippen molar-refractivity contribution in [3.05, 3.63) is 91.0 Å². The van der Waals surface area contributed by atoms with E-state index in [1.165, 1.54) is 50.5 Å². The zero-order valence-corrected chi connectivity index (χ0v) is 22.2. The van der Waals surface area contributed by atoms with Crippen LogP contribution in [0.2, 0.25) is 0 Å². The fourth-order valence-electron chi connectivity index (χ4n) is 4.43. The summed E-state index contributed by atoms with van der Waals surface area (Å²) >= 11 is 0. The first-order valence-corrected chi connectivity index (χ1v) is 14.4. The highest BCUT2D eigenvalue weighted by molar-refractivity contribution is 7.92. The third kappa shape index (κ3) is 7.10. The Morgan fingerprint density at radius 1 is 0.897 bits per heavy atom. The highest BCUT2D eigenvalue weighted by atomic mass is 32.2. The molecule has 39 heavy (non-hydrogen) atoms. The van der Waals surface area contributed by atoms with E-state index in [0.29, 0.717) is 23.8 Å². The number of hydrogen-bond acceptors (Lipinski definition) is 7. The van der Waals surface area contributed by atoms with Crippen LogP contribution in [-0.2, 0) is 10.0 Å². The number of aromatic nitrogens is 2. The SMILES string of the molecule is O=S(=O)(Nc1ccc(Nc2cc(-c3ccc(OCCCN4CCCC4)cc3)ncn2)cc1)c1ccccc1F. The Morgan fingerprint density at radius 3 is 2.36 bits per heavy atom. The van der Waals surface area contributed by atoms with Crippen LogP contribution >= 0.6 is 0 Å². The van der Waals surface area contributed by atoms with Crippen LogP contribution in [0, 0.1) is 5.82 Å². The van der Waals surface area contributed by atoms with Crippen LogP contribution in [0.5, 0.6) is 5.75 Å². The molecule has 0 spiro atoms. The third-order valence-electron chi connectivity index (χ3n) is 6.44. The quantitative estimate of drug-likeness (QED) is 0.233. The molecule has 0 unspecified atom stereocenters. The number of nitrogens with zero attached hydrogens (tertiary/aromatic N) is 3. The van der Waals surface area contributed by atoms with Crippen LogP contribution in [0.3, 0.4) is 0 Å². The van der Waals surface area contributed by atoms with Gasteiger partial charge in [0.1, 0.15) is 28.6 Å². The van der Waals surface area contributed by atoms with Gasteiger partial charge in [-0.05, 0) is 93.0 Å². The molecule has 0 radical (unpaired) electrons. The van der Waals surface area contributed by atoms with Crippen molar-refractivity contribution in [1.82, 2.24) is 14.9 Å². The van der Waals surface area contributed by atoms with Gasteiger partial charge in [-0.1, -0.05) is 12.1 Å². The Labute approximate surface area is 227 Å². The number of ether oxygens (including phenoxy) is 1. The first kappa shape index (κ1) is 26.6. The molecule has 1 aliphatic heterocycles. The highest BCUT2D eigenvalue weighted by Crippen LogP contribution is 2.25. The summed E-state index contributed by atoms with van der Waals surface area (Å²) in [7, 11) is -4.04. The highest BCUT2D eigenvalue weighted by Gasteiger charge is 2.18. The number of hydrogen-bond donors (Lipinski definition) is 2. The van der Waals surface area contributed by atoms with Crippen molar-refractivity contribution >= 4 is 27.2 Å². The monoisotopic (exact) mass is 547 g/mol. The van der Waals surface area contributed by atoms with Crippen molar-refractivity contribution in [2.24, 2.45) is 0 Å². The smallest absolute Gasteiger partial charge is 0.264 e. The van der Waals surface area contributed by atoms with E-state index in [1.54, 1.807) is 24.3 Å². The molecule has 0 atom stereocenters. The molecule has 1 aromatic heterocycles. The molecule has 202 valence electrons. The lowest BCUT2D eigenvalue weighted by Crippen LogP contribution is -2.21. The summed E-state index contributed by atoms with van der Waals surface area (Å²) in [5, 5.41) is 3.20. The summed E-state index contributed by atoms with van der Waals surface area (Å²) in [6.45, 7) is 4.18. The topological polar surface area (TPSA) is 96.5 Å². The second kappa shape index (κ2) is 12.2. The van der Waals surface area contributed by atoms with E-state index in [9.17, 15) is 12.8 Å². The summed E-state index contributed by atoms with van der Waals surface area (Å²) in [5.41, 5.74) is 2.70. The van der Waals surface area contributed by atoms with Gasteiger partial charge in [0, 0.05) is 29.5 Å². The maximum atomic E-state index is 13.9. The van der Waals surface area contributed by atoms with Crippen molar-refractivity contribution in [3.8, 4) is 17.0 Å². The van der Waals surface area contributed by atoms with Gasteiger partial charge in [-0.25, -0.2) is 22.8 Å². The number of likely N-dealkylation sites (tertiary alicyclic amines) is 1. The Morgan fingerprint density at radius 2 is 1.62 bits per heavy atom. The molecule has 1 saturated heterocycles. The third-order valence-corrected chi connectivity index (χ3v) is 7.85. The Balaban J connectivity index is 1.17. The van der Waals surface area contributed by atoms with Crippen LogP contribution in [-0.4, -0.2) is 49.5 Å². The van der Waals surface area contributed by atoms with Crippen LogP contribution in [0.15, 0.2) is 90.1 Å². The number of nitrogens with one attached hydrogen (secondary N) is 2. The van der Waals surface area contributed by atoms with E-state index in [-0.39, 0.29) is 0 Å².